The molecule has 0 saturated heterocycles. The second kappa shape index (κ2) is 5.85. The van der Waals surface area contributed by atoms with E-state index in [4.69, 9.17) is 0 Å². The molecule has 0 aliphatic carbocycles. The van der Waals surface area contributed by atoms with Crippen molar-refractivity contribution >= 4 is 17.5 Å². The van der Waals surface area contributed by atoms with Crippen molar-refractivity contribution in [1.29, 1.82) is 0 Å². The van der Waals surface area contributed by atoms with Gasteiger partial charge in [0.15, 0.2) is 5.78 Å². The SMILES string of the molecule is CSc1ccc(C(O)C(=O)c2ccccc2)cc1. The van der Waals surface area contributed by atoms with Gasteiger partial charge in [0.25, 0.3) is 0 Å². The van der Waals surface area contributed by atoms with Crippen LogP contribution in [0.1, 0.15) is 22.0 Å². The molecule has 0 fully saturated rings. The third kappa shape index (κ3) is 2.81. The number of carbonyl (C=O) groups is 1. The van der Waals surface area contributed by atoms with Crippen LogP contribution in [0.5, 0.6) is 0 Å². The van der Waals surface area contributed by atoms with Gasteiger partial charge in [0.2, 0.25) is 0 Å². The molecule has 2 aromatic carbocycles. The first kappa shape index (κ1) is 12.9. The van der Waals surface area contributed by atoms with Gasteiger partial charge >= 0.3 is 0 Å². The third-order valence-electron chi connectivity index (χ3n) is 2.74. The molecule has 2 aromatic rings. The van der Waals surface area contributed by atoms with E-state index in [-0.39, 0.29) is 5.78 Å². The number of benzene rings is 2. The minimum Gasteiger partial charge on any atom is -0.380 e. The van der Waals surface area contributed by atoms with Gasteiger partial charge in [0.05, 0.1) is 0 Å². The first-order chi connectivity index (χ1) is 8.72. The first-order valence-electron chi connectivity index (χ1n) is 5.63. The molecule has 1 unspecified atom stereocenters. The highest BCUT2D eigenvalue weighted by atomic mass is 32.2. The maximum absolute atomic E-state index is 12.0. The highest BCUT2D eigenvalue weighted by molar-refractivity contribution is 7.98. The van der Waals surface area contributed by atoms with Crippen LogP contribution < -0.4 is 0 Å². The molecule has 2 nitrogen and oxygen atoms in total. The second-order valence-electron chi connectivity index (χ2n) is 3.91. The Morgan fingerprint density at radius 2 is 1.67 bits per heavy atom. The standard InChI is InChI=1S/C15H14O2S/c1-18-13-9-7-12(8-10-13)15(17)14(16)11-5-3-2-4-6-11/h2-10,15,17H,1H3. The molecule has 0 bridgehead atoms. The first-order valence-corrected chi connectivity index (χ1v) is 6.86. The monoisotopic (exact) mass is 258 g/mol. The number of ketones is 1. The Morgan fingerprint density at radius 3 is 2.22 bits per heavy atom. The molecule has 1 N–H and O–H groups in total. The topological polar surface area (TPSA) is 37.3 Å². The van der Waals surface area contributed by atoms with Crippen LogP contribution in [0.3, 0.4) is 0 Å². The van der Waals surface area contributed by atoms with Gasteiger partial charge in [-0.1, -0.05) is 42.5 Å². The number of aliphatic hydroxyl groups excluding tert-OH is 1. The minimum atomic E-state index is -1.09. The summed E-state index contributed by atoms with van der Waals surface area (Å²) >= 11 is 1.63. The van der Waals surface area contributed by atoms with Crippen molar-refractivity contribution in [2.24, 2.45) is 0 Å². The number of rotatable bonds is 4. The van der Waals surface area contributed by atoms with Crippen LogP contribution in [0, 0.1) is 0 Å². The van der Waals surface area contributed by atoms with E-state index in [0.29, 0.717) is 11.1 Å². The Bertz CT molecular complexity index is 520. The lowest BCUT2D eigenvalue weighted by atomic mass is 10.0. The van der Waals surface area contributed by atoms with Gasteiger partial charge < -0.3 is 5.11 Å². The van der Waals surface area contributed by atoms with E-state index in [9.17, 15) is 9.90 Å². The summed E-state index contributed by atoms with van der Waals surface area (Å²) in [6, 6.07) is 16.2. The Morgan fingerprint density at radius 1 is 1.06 bits per heavy atom. The van der Waals surface area contributed by atoms with Gasteiger partial charge in [-0.15, -0.1) is 11.8 Å². The largest absolute Gasteiger partial charge is 0.380 e. The summed E-state index contributed by atoms with van der Waals surface area (Å²) < 4.78 is 0. The molecule has 0 radical (unpaired) electrons. The second-order valence-corrected chi connectivity index (χ2v) is 4.79. The van der Waals surface area contributed by atoms with Gasteiger partial charge in [-0.05, 0) is 24.0 Å². The number of hydrogen-bond acceptors (Lipinski definition) is 3. The van der Waals surface area contributed by atoms with Crippen LogP contribution in [0.4, 0.5) is 0 Å². The Balaban J connectivity index is 2.20. The third-order valence-corrected chi connectivity index (χ3v) is 3.48. The highest BCUT2D eigenvalue weighted by Crippen LogP contribution is 2.21. The van der Waals surface area contributed by atoms with E-state index < -0.39 is 6.10 Å². The van der Waals surface area contributed by atoms with Crippen molar-refractivity contribution in [3.63, 3.8) is 0 Å². The number of aliphatic hydroxyl groups is 1. The zero-order chi connectivity index (χ0) is 13.0. The quantitative estimate of drug-likeness (QED) is 0.675. The zero-order valence-corrected chi connectivity index (χ0v) is 10.9. The van der Waals surface area contributed by atoms with Gasteiger partial charge in [-0.2, -0.15) is 0 Å². The van der Waals surface area contributed by atoms with Crippen LogP contribution in [0.25, 0.3) is 0 Å². The molecule has 18 heavy (non-hydrogen) atoms. The summed E-state index contributed by atoms with van der Waals surface area (Å²) in [5.41, 5.74) is 1.15. The van der Waals surface area contributed by atoms with Gasteiger partial charge in [-0.25, -0.2) is 0 Å². The van der Waals surface area contributed by atoms with Crippen LogP contribution in [0.15, 0.2) is 59.5 Å². The minimum absolute atomic E-state index is 0.271. The van der Waals surface area contributed by atoms with E-state index in [1.54, 1.807) is 48.2 Å². The van der Waals surface area contributed by atoms with E-state index in [1.165, 1.54) is 0 Å². The predicted molar refractivity (Wildman–Crippen MR) is 74.0 cm³/mol. The van der Waals surface area contributed by atoms with Gasteiger partial charge in [0.1, 0.15) is 6.10 Å². The van der Waals surface area contributed by atoms with Crippen molar-refractivity contribution in [1.82, 2.24) is 0 Å². The molecule has 0 aliphatic rings. The number of hydrogen-bond donors (Lipinski definition) is 1. The van der Waals surface area contributed by atoms with Crippen molar-refractivity contribution in [3.8, 4) is 0 Å². The van der Waals surface area contributed by atoms with E-state index in [1.807, 2.05) is 24.5 Å². The fraction of sp³-hybridized carbons (Fsp3) is 0.133. The van der Waals surface area contributed by atoms with Crippen LogP contribution in [0.2, 0.25) is 0 Å². The maximum atomic E-state index is 12.0. The number of Topliss-reactive ketones (excluding diaryl/α,β-unsaturated/α-hetero) is 1. The average molecular weight is 258 g/mol. The summed E-state index contributed by atoms with van der Waals surface area (Å²) in [6.45, 7) is 0. The molecule has 0 spiro atoms. The molecule has 0 heterocycles. The summed E-state index contributed by atoms with van der Waals surface area (Å²) in [6.07, 6.45) is 0.893. The van der Waals surface area contributed by atoms with Crippen LogP contribution in [-0.4, -0.2) is 17.1 Å². The predicted octanol–water partition coefficient (Wildman–Crippen LogP) is 3.32. The van der Waals surface area contributed by atoms with Crippen LogP contribution in [-0.2, 0) is 0 Å². The van der Waals surface area contributed by atoms with E-state index >= 15 is 0 Å². The average Bonchev–Trinajstić information content (AvgIpc) is 2.47. The fourth-order valence-corrected chi connectivity index (χ4v) is 2.11. The van der Waals surface area contributed by atoms with Crippen molar-refractivity contribution in [2.75, 3.05) is 6.26 Å². The molecule has 0 saturated carbocycles. The molecule has 0 amide bonds. The number of thioether (sulfide) groups is 1. The molecule has 0 aromatic heterocycles. The summed E-state index contributed by atoms with van der Waals surface area (Å²) in [5, 5.41) is 10.0. The lowest BCUT2D eigenvalue weighted by molar-refractivity contribution is 0.0747. The summed E-state index contributed by atoms with van der Waals surface area (Å²) in [4.78, 5) is 13.2. The molecule has 1 atom stereocenters. The molecular weight excluding hydrogens is 244 g/mol. The Kier molecular flexibility index (Phi) is 4.18. The molecule has 2 rings (SSSR count). The van der Waals surface area contributed by atoms with Crippen LogP contribution >= 0.6 is 11.8 Å². The normalized spacial score (nSPS) is 12.1. The molecule has 92 valence electrons. The van der Waals surface area contributed by atoms with Crippen molar-refractivity contribution in [3.05, 3.63) is 65.7 Å². The molecule has 0 aliphatic heterocycles. The van der Waals surface area contributed by atoms with Gasteiger partial charge in [-0.3, -0.25) is 4.79 Å². The maximum Gasteiger partial charge on any atom is 0.195 e. The van der Waals surface area contributed by atoms with Gasteiger partial charge in [0, 0.05) is 10.5 Å². The lowest BCUT2D eigenvalue weighted by Gasteiger charge is -2.10. The fourth-order valence-electron chi connectivity index (χ4n) is 1.70. The Labute approximate surface area is 111 Å². The van der Waals surface area contributed by atoms with E-state index in [0.717, 1.165) is 4.90 Å². The summed E-state index contributed by atoms with van der Waals surface area (Å²) in [5.74, 6) is -0.271. The van der Waals surface area contributed by atoms with E-state index in [2.05, 4.69) is 0 Å². The number of carbonyl (C=O) groups excluding carboxylic acids is 1. The molecule has 3 heteroatoms. The smallest absolute Gasteiger partial charge is 0.195 e. The van der Waals surface area contributed by atoms with Crippen molar-refractivity contribution in [2.45, 2.75) is 11.0 Å². The summed E-state index contributed by atoms with van der Waals surface area (Å²) in [7, 11) is 0. The zero-order valence-electron chi connectivity index (χ0n) is 10.0. The molecular formula is C15H14O2S. The highest BCUT2D eigenvalue weighted by Gasteiger charge is 2.18. The van der Waals surface area contributed by atoms with Crippen molar-refractivity contribution < 1.29 is 9.90 Å². The lowest BCUT2D eigenvalue weighted by Crippen LogP contribution is -2.12. The Hall–Kier alpha value is -1.58.